The van der Waals surface area contributed by atoms with Gasteiger partial charge in [-0.15, -0.1) is 0 Å². The van der Waals surface area contributed by atoms with Crippen LogP contribution in [0.4, 0.5) is 0 Å². The van der Waals surface area contributed by atoms with Gasteiger partial charge in [-0.25, -0.2) is 0 Å². The van der Waals surface area contributed by atoms with Crippen LogP contribution in [0.3, 0.4) is 0 Å². The fraction of sp³-hybridized carbons (Fsp3) is 0.429. The number of nitrogens with one attached hydrogen (secondary N) is 2. The molecule has 1 amide bonds. The molecule has 0 aliphatic rings. The summed E-state index contributed by atoms with van der Waals surface area (Å²) >= 11 is 0. The molecule has 0 radical (unpaired) electrons. The molecule has 5 nitrogen and oxygen atoms in total. The van der Waals surface area contributed by atoms with E-state index in [2.05, 4.69) is 15.5 Å². The van der Waals surface area contributed by atoms with Gasteiger partial charge in [-0.2, -0.15) is 5.10 Å². The normalized spacial score (nSPS) is 12.5. The average Bonchev–Trinajstić information content (AvgIpc) is 2.56. The first-order valence-electron chi connectivity index (χ1n) is 3.74. The van der Waals surface area contributed by atoms with Gasteiger partial charge < -0.3 is 11.1 Å². The van der Waals surface area contributed by atoms with Gasteiger partial charge in [0.2, 0.25) is 0 Å². The van der Waals surface area contributed by atoms with Crippen LogP contribution in [0.1, 0.15) is 17.4 Å². The lowest BCUT2D eigenvalue weighted by atomic mass is 10.3. The van der Waals surface area contributed by atoms with Gasteiger partial charge in [-0.1, -0.05) is 0 Å². The van der Waals surface area contributed by atoms with Gasteiger partial charge in [0.25, 0.3) is 5.91 Å². The number of carbonyl (C=O) groups excluding carboxylic acids is 1. The largest absolute Gasteiger partial charge is 0.347 e. The van der Waals surface area contributed by atoms with E-state index in [1.165, 1.54) is 6.20 Å². The smallest absolute Gasteiger partial charge is 0.269 e. The second kappa shape index (κ2) is 3.87. The second-order valence-electron chi connectivity index (χ2n) is 2.58. The van der Waals surface area contributed by atoms with E-state index in [1.54, 1.807) is 6.07 Å². The number of nitrogens with two attached hydrogens (primary N) is 1. The van der Waals surface area contributed by atoms with Gasteiger partial charge in [-0.3, -0.25) is 9.89 Å². The third kappa shape index (κ3) is 2.06. The standard InChI is InChI=1S/C7H12N4O/c1-5(4-8)10-7(12)6-2-3-9-11-6/h2-3,5H,4,8H2,1H3,(H,9,11)(H,10,12)/t5-/m1/s1. The number of aromatic amines is 1. The molecule has 1 rings (SSSR count). The summed E-state index contributed by atoms with van der Waals surface area (Å²) in [5, 5.41) is 8.92. The summed E-state index contributed by atoms with van der Waals surface area (Å²) in [6, 6.07) is 1.60. The molecule has 0 unspecified atom stereocenters. The first kappa shape index (κ1) is 8.73. The monoisotopic (exact) mass is 168 g/mol. The summed E-state index contributed by atoms with van der Waals surface area (Å²) in [4.78, 5) is 11.2. The van der Waals surface area contributed by atoms with Crippen molar-refractivity contribution in [2.45, 2.75) is 13.0 Å². The van der Waals surface area contributed by atoms with E-state index < -0.39 is 0 Å². The third-order valence-corrected chi connectivity index (χ3v) is 1.48. The Balaban J connectivity index is 2.50. The Hall–Kier alpha value is -1.36. The Bertz CT molecular complexity index is 244. The van der Waals surface area contributed by atoms with Crippen LogP contribution in [0.5, 0.6) is 0 Å². The Morgan fingerprint density at radius 2 is 2.67 bits per heavy atom. The summed E-state index contributed by atoms with van der Waals surface area (Å²) in [6.45, 7) is 2.27. The molecule has 12 heavy (non-hydrogen) atoms. The first-order chi connectivity index (χ1) is 5.74. The van der Waals surface area contributed by atoms with Crippen molar-refractivity contribution in [3.63, 3.8) is 0 Å². The van der Waals surface area contributed by atoms with Crippen LogP contribution in [0, 0.1) is 0 Å². The maximum absolute atomic E-state index is 11.2. The summed E-state index contributed by atoms with van der Waals surface area (Å²) in [7, 11) is 0. The lowest BCUT2D eigenvalue weighted by Gasteiger charge is -2.09. The van der Waals surface area contributed by atoms with Gasteiger partial charge in [0, 0.05) is 18.8 Å². The van der Waals surface area contributed by atoms with E-state index in [1.807, 2.05) is 6.92 Å². The van der Waals surface area contributed by atoms with Crippen LogP contribution < -0.4 is 11.1 Å². The molecule has 0 fully saturated rings. The molecule has 0 aromatic carbocycles. The van der Waals surface area contributed by atoms with Crippen LogP contribution in [-0.2, 0) is 0 Å². The molecule has 0 aliphatic heterocycles. The molecule has 4 N–H and O–H groups in total. The third-order valence-electron chi connectivity index (χ3n) is 1.48. The van der Waals surface area contributed by atoms with Crippen molar-refractivity contribution in [3.05, 3.63) is 18.0 Å². The molecule has 1 aromatic heterocycles. The van der Waals surface area contributed by atoms with Crippen molar-refractivity contribution < 1.29 is 4.79 Å². The molecule has 66 valence electrons. The predicted molar refractivity (Wildman–Crippen MR) is 44.6 cm³/mol. The number of aromatic nitrogens is 2. The Morgan fingerprint density at radius 3 is 3.17 bits per heavy atom. The molecule has 0 bridgehead atoms. The van der Waals surface area contributed by atoms with E-state index >= 15 is 0 Å². The highest BCUT2D eigenvalue weighted by Crippen LogP contribution is 1.91. The SMILES string of the molecule is C[C@H](CN)NC(=O)c1ccn[nH]1. The van der Waals surface area contributed by atoms with E-state index in [-0.39, 0.29) is 11.9 Å². The molecule has 0 aliphatic carbocycles. The van der Waals surface area contributed by atoms with Crippen LogP contribution in [0.2, 0.25) is 0 Å². The Kier molecular flexibility index (Phi) is 2.82. The molecule has 5 heteroatoms. The summed E-state index contributed by atoms with van der Waals surface area (Å²) in [5.74, 6) is -0.176. The van der Waals surface area contributed by atoms with Gasteiger partial charge in [0.05, 0.1) is 0 Å². The minimum absolute atomic E-state index is 0.0131. The van der Waals surface area contributed by atoms with Gasteiger partial charge in [-0.05, 0) is 13.0 Å². The summed E-state index contributed by atoms with van der Waals surface area (Å²) in [5.41, 5.74) is 5.79. The van der Waals surface area contributed by atoms with E-state index in [0.717, 1.165) is 0 Å². The maximum Gasteiger partial charge on any atom is 0.269 e. The first-order valence-corrected chi connectivity index (χ1v) is 3.74. The van der Waals surface area contributed by atoms with Crippen molar-refractivity contribution in [2.75, 3.05) is 6.54 Å². The number of H-pyrrole nitrogens is 1. The number of rotatable bonds is 3. The average molecular weight is 168 g/mol. The minimum atomic E-state index is -0.176. The predicted octanol–water partition coefficient (Wildman–Crippen LogP) is -0.513. The summed E-state index contributed by atoms with van der Waals surface area (Å²) in [6.07, 6.45) is 1.53. The topological polar surface area (TPSA) is 83.8 Å². The van der Waals surface area contributed by atoms with Crippen LogP contribution in [-0.4, -0.2) is 28.7 Å². The quantitative estimate of drug-likeness (QED) is 0.568. The minimum Gasteiger partial charge on any atom is -0.347 e. The van der Waals surface area contributed by atoms with Gasteiger partial charge >= 0.3 is 0 Å². The van der Waals surface area contributed by atoms with Crippen molar-refractivity contribution in [2.24, 2.45) is 5.73 Å². The second-order valence-corrected chi connectivity index (χ2v) is 2.58. The van der Waals surface area contributed by atoms with Crippen LogP contribution >= 0.6 is 0 Å². The van der Waals surface area contributed by atoms with E-state index in [4.69, 9.17) is 5.73 Å². The number of hydrogen-bond acceptors (Lipinski definition) is 3. The zero-order valence-corrected chi connectivity index (χ0v) is 6.87. The molecule has 0 saturated carbocycles. The fourth-order valence-corrected chi connectivity index (χ4v) is 0.743. The van der Waals surface area contributed by atoms with Gasteiger partial charge in [0.1, 0.15) is 5.69 Å². The van der Waals surface area contributed by atoms with E-state index in [0.29, 0.717) is 12.2 Å². The van der Waals surface area contributed by atoms with E-state index in [9.17, 15) is 4.79 Å². The molecular weight excluding hydrogens is 156 g/mol. The fourth-order valence-electron chi connectivity index (χ4n) is 0.743. The lowest BCUT2D eigenvalue weighted by molar-refractivity contribution is 0.0936. The number of carbonyl (C=O) groups is 1. The lowest BCUT2D eigenvalue weighted by Crippen LogP contribution is -2.37. The highest BCUT2D eigenvalue weighted by Gasteiger charge is 2.08. The molecular formula is C7H12N4O. The zero-order chi connectivity index (χ0) is 8.97. The van der Waals surface area contributed by atoms with Crippen molar-refractivity contribution in [1.29, 1.82) is 0 Å². The number of hydrogen-bond donors (Lipinski definition) is 3. The zero-order valence-electron chi connectivity index (χ0n) is 6.87. The van der Waals surface area contributed by atoms with Gasteiger partial charge in [0.15, 0.2) is 0 Å². The number of amides is 1. The van der Waals surface area contributed by atoms with Crippen molar-refractivity contribution >= 4 is 5.91 Å². The maximum atomic E-state index is 11.2. The molecule has 1 atom stereocenters. The van der Waals surface area contributed by atoms with Crippen LogP contribution in [0.15, 0.2) is 12.3 Å². The van der Waals surface area contributed by atoms with Crippen LogP contribution in [0.25, 0.3) is 0 Å². The Labute approximate surface area is 70.3 Å². The Morgan fingerprint density at radius 1 is 1.92 bits per heavy atom. The number of nitrogens with zero attached hydrogens (tertiary/aromatic N) is 1. The molecule has 0 spiro atoms. The van der Waals surface area contributed by atoms with Crippen molar-refractivity contribution in [3.8, 4) is 0 Å². The highest BCUT2D eigenvalue weighted by atomic mass is 16.2. The highest BCUT2D eigenvalue weighted by molar-refractivity contribution is 5.92. The molecule has 1 aromatic rings. The molecule has 0 saturated heterocycles. The molecule has 1 heterocycles. The van der Waals surface area contributed by atoms with Crippen molar-refractivity contribution in [1.82, 2.24) is 15.5 Å². The summed E-state index contributed by atoms with van der Waals surface area (Å²) < 4.78 is 0.